The lowest BCUT2D eigenvalue weighted by atomic mass is 9.56. The van der Waals surface area contributed by atoms with Crippen LogP contribution < -0.4 is 10.6 Å². The number of nitrogens with zero attached hydrogens (tertiary/aromatic N) is 1. The number of nitrogens with one attached hydrogen (secondary N) is 2. The van der Waals surface area contributed by atoms with Crippen LogP contribution in [0.2, 0.25) is 0 Å². The van der Waals surface area contributed by atoms with Crippen molar-refractivity contribution in [1.82, 2.24) is 10.2 Å². The lowest BCUT2D eigenvalue weighted by Crippen LogP contribution is -2.60. The molecule has 0 aromatic heterocycles. The number of halogens is 1. The smallest absolute Gasteiger partial charge is 0.319 e. The van der Waals surface area contributed by atoms with Gasteiger partial charge in [-0.25, -0.2) is 9.18 Å². The van der Waals surface area contributed by atoms with Gasteiger partial charge in [-0.3, -0.25) is 4.90 Å². The molecule has 2 aromatic carbocycles. The standard InChI is InChI=1S/C26H32FN3O2/c1-17-24-14-19-4-9-22(31)15-23(19)26(17,11-13-30(24)16-18-2-3-18)10-12-28-25(32)29-21-7-5-20(27)6-8-21/h4-9,15,17-18,24,31H,2-3,10-14,16H2,1H3,(H2,28,29,32)/t17-,24+,26+/m0/s1. The van der Waals surface area contributed by atoms with Crippen LogP contribution in [-0.4, -0.2) is 41.7 Å². The van der Waals surface area contributed by atoms with Gasteiger partial charge >= 0.3 is 6.03 Å². The molecule has 3 N–H and O–H groups in total. The van der Waals surface area contributed by atoms with Gasteiger partial charge in [-0.05, 0) is 98.0 Å². The van der Waals surface area contributed by atoms with Gasteiger partial charge < -0.3 is 15.7 Å². The Labute approximate surface area is 189 Å². The molecule has 5 nitrogen and oxygen atoms in total. The van der Waals surface area contributed by atoms with E-state index in [1.807, 2.05) is 6.07 Å². The number of anilines is 1. The Bertz CT molecular complexity index is 991. The number of piperidine rings is 1. The van der Waals surface area contributed by atoms with Gasteiger partial charge in [-0.15, -0.1) is 0 Å². The summed E-state index contributed by atoms with van der Waals surface area (Å²) in [5.41, 5.74) is 3.10. The fraction of sp³-hybridized carbons (Fsp3) is 0.500. The zero-order valence-electron chi connectivity index (χ0n) is 18.6. The predicted octanol–water partition coefficient (Wildman–Crippen LogP) is 4.66. The number of phenolic OH excluding ortho intramolecular Hbond substituents is 1. The number of benzene rings is 2. The largest absolute Gasteiger partial charge is 0.508 e. The minimum atomic E-state index is -0.328. The van der Waals surface area contributed by atoms with Gasteiger partial charge in [0.1, 0.15) is 11.6 Å². The van der Waals surface area contributed by atoms with E-state index < -0.39 is 0 Å². The summed E-state index contributed by atoms with van der Waals surface area (Å²) in [6.45, 7) is 5.18. The summed E-state index contributed by atoms with van der Waals surface area (Å²) in [4.78, 5) is 15.1. The second-order valence-electron chi connectivity index (χ2n) is 9.88. The molecule has 2 aliphatic carbocycles. The van der Waals surface area contributed by atoms with Crippen LogP contribution in [0.15, 0.2) is 42.5 Å². The van der Waals surface area contributed by atoms with E-state index in [1.165, 1.54) is 42.6 Å². The number of hydrogen-bond donors (Lipinski definition) is 3. The van der Waals surface area contributed by atoms with E-state index in [-0.39, 0.29) is 17.3 Å². The molecular formula is C26H32FN3O2. The molecule has 1 saturated heterocycles. The van der Waals surface area contributed by atoms with Gasteiger partial charge in [-0.1, -0.05) is 13.0 Å². The minimum Gasteiger partial charge on any atom is -0.508 e. The van der Waals surface area contributed by atoms with Gasteiger partial charge in [-0.2, -0.15) is 0 Å². The van der Waals surface area contributed by atoms with Crippen LogP contribution in [0.5, 0.6) is 5.75 Å². The Balaban J connectivity index is 1.31. The first-order valence-corrected chi connectivity index (χ1v) is 11.8. The summed E-state index contributed by atoms with van der Waals surface area (Å²) >= 11 is 0. The number of amides is 2. The van der Waals surface area contributed by atoms with Gasteiger partial charge in [0.2, 0.25) is 0 Å². The maximum atomic E-state index is 13.1. The van der Waals surface area contributed by atoms with Crippen molar-refractivity contribution in [2.75, 3.05) is 25.0 Å². The van der Waals surface area contributed by atoms with Crippen LogP contribution in [0.4, 0.5) is 14.9 Å². The maximum absolute atomic E-state index is 13.1. The molecule has 5 rings (SSSR count). The molecule has 1 aliphatic heterocycles. The number of urea groups is 1. The minimum absolute atomic E-state index is 0.0554. The first-order chi connectivity index (χ1) is 15.4. The SMILES string of the molecule is C[C@H]1[C@H]2Cc3ccc(O)cc3[C@]1(CCNC(=O)Nc1ccc(F)cc1)CCN2CC1CC1. The Morgan fingerprint density at radius 1 is 1.22 bits per heavy atom. The highest BCUT2D eigenvalue weighted by Gasteiger charge is 2.51. The van der Waals surface area contributed by atoms with Gasteiger partial charge in [0, 0.05) is 30.2 Å². The molecule has 170 valence electrons. The third-order valence-corrected chi connectivity index (χ3v) is 7.97. The molecule has 3 aliphatic rings. The predicted molar refractivity (Wildman–Crippen MR) is 123 cm³/mol. The number of phenols is 1. The number of likely N-dealkylation sites (tertiary alicyclic amines) is 1. The third-order valence-electron chi connectivity index (χ3n) is 7.97. The average Bonchev–Trinajstić information content (AvgIpc) is 3.58. The van der Waals surface area contributed by atoms with E-state index >= 15 is 0 Å². The molecule has 0 spiro atoms. The quantitative estimate of drug-likeness (QED) is 0.616. The van der Waals surface area contributed by atoms with Crippen molar-refractivity contribution in [2.45, 2.75) is 50.5 Å². The fourth-order valence-electron chi connectivity index (χ4n) is 5.99. The molecule has 2 bridgehead atoms. The van der Waals surface area contributed by atoms with Crippen molar-refractivity contribution in [3.05, 3.63) is 59.4 Å². The number of hydrogen-bond acceptors (Lipinski definition) is 3. The summed E-state index contributed by atoms with van der Waals surface area (Å²) in [6, 6.07) is 11.8. The number of carbonyl (C=O) groups excluding carboxylic acids is 1. The van der Waals surface area contributed by atoms with Crippen LogP contribution in [0.3, 0.4) is 0 Å². The monoisotopic (exact) mass is 437 g/mol. The highest BCUT2D eigenvalue weighted by molar-refractivity contribution is 5.89. The first kappa shape index (κ1) is 21.3. The van der Waals surface area contributed by atoms with Crippen molar-refractivity contribution in [1.29, 1.82) is 0 Å². The Morgan fingerprint density at radius 3 is 2.75 bits per heavy atom. The van der Waals surface area contributed by atoms with E-state index in [9.17, 15) is 14.3 Å². The molecule has 2 amide bonds. The second kappa shape index (κ2) is 8.39. The molecule has 0 unspecified atom stereocenters. The molecule has 3 atom stereocenters. The number of fused-ring (bicyclic) bond motifs is 4. The van der Waals surface area contributed by atoms with Crippen molar-refractivity contribution in [2.24, 2.45) is 11.8 Å². The van der Waals surface area contributed by atoms with E-state index in [0.717, 1.165) is 31.7 Å². The molecule has 1 saturated carbocycles. The van der Waals surface area contributed by atoms with Crippen molar-refractivity contribution < 1.29 is 14.3 Å². The van der Waals surface area contributed by atoms with Gasteiger partial charge in [0.15, 0.2) is 0 Å². The van der Waals surface area contributed by atoms with Crippen LogP contribution >= 0.6 is 0 Å². The Morgan fingerprint density at radius 2 is 2.00 bits per heavy atom. The number of aromatic hydroxyl groups is 1. The van der Waals surface area contributed by atoms with Crippen LogP contribution in [0, 0.1) is 17.7 Å². The lowest BCUT2D eigenvalue weighted by molar-refractivity contribution is 0.0162. The normalized spacial score (nSPS) is 26.9. The molecule has 32 heavy (non-hydrogen) atoms. The Hall–Kier alpha value is -2.60. The van der Waals surface area contributed by atoms with E-state index in [2.05, 4.69) is 28.5 Å². The van der Waals surface area contributed by atoms with E-state index in [4.69, 9.17) is 0 Å². The molecular weight excluding hydrogens is 405 g/mol. The highest BCUT2D eigenvalue weighted by atomic mass is 19.1. The van der Waals surface area contributed by atoms with Crippen molar-refractivity contribution in [3.8, 4) is 5.75 Å². The second-order valence-corrected chi connectivity index (χ2v) is 9.88. The first-order valence-electron chi connectivity index (χ1n) is 11.8. The van der Waals surface area contributed by atoms with Crippen LogP contribution in [0.1, 0.15) is 43.7 Å². The summed E-state index contributed by atoms with van der Waals surface area (Å²) in [5, 5.41) is 16.0. The summed E-state index contributed by atoms with van der Waals surface area (Å²) in [5.74, 6) is 1.31. The van der Waals surface area contributed by atoms with Crippen LogP contribution in [-0.2, 0) is 11.8 Å². The zero-order chi connectivity index (χ0) is 22.3. The summed E-state index contributed by atoms with van der Waals surface area (Å²) < 4.78 is 13.1. The van der Waals surface area contributed by atoms with Crippen LogP contribution in [0.25, 0.3) is 0 Å². The molecule has 0 radical (unpaired) electrons. The lowest BCUT2D eigenvalue weighted by Gasteiger charge is -2.56. The van der Waals surface area contributed by atoms with Crippen molar-refractivity contribution >= 4 is 11.7 Å². The van der Waals surface area contributed by atoms with Crippen molar-refractivity contribution in [3.63, 3.8) is 0 Å². The molecule has 2 aromatic rings. The number of carbonyl (C=O) groups is 1. The highest BCUT2D eigenvalue weighted by Crippen LogP contribution is 2.52. The van der Waals surface area contributed by atoms with E-state index in [0.29, 0.717) is 29.9 Å². The molecule has 1 heterocycles. The average molecular weight is 438 g/mol. The fourth-order valence-corrected chi connectivity index (χ4v) is 5.99. The van der Waals surface area contributed by atoms with Gasteiger partial charge in [0.25, 0.3) is 0 Å². The number of rotatable bonds is 6. The summed E-state index contributed by atoms with van der Waals surface area (Å²) in [6.07, 6.45) is 5.62. The maximum Gasteiger partial charge on any atom is 0.319 e. The topological polar surface area (TPSA) is 64.6 Å². The Kier molecular flexibility index (Phi) is 5.58. The molecule has 6 heteroatoms. The zero-order valence-corrected chi connectivity index (χ0v) is 18.6. The molecule has 2 fully saturated rings. The summed E-state index contributed by atoms with van der Waals surface area (Å²) in [7, 11) is 0. The third kappa shape index (κ3) is 4.08. The van der Waals surface area contributed by atoms with Gasteiger partial charge in [0.05, 0.1) is 0 Å². The van der Waals surface area contributed by atoms with E-state index in [1.54, 1.807) is 18.2 Å².